The summed E-state index contributed by atoms with van der Waals surface area (Å²) < 4.78 is 5.15. The van der Waals surface area contributed by atoms with Crippen LogP contribution in [-0.4, -0.2) is 42.9 Å². The topological polar surface area (TPSA) is 57.6 Å². The minimum absolute atomic E-state index is 0.454. The molecule has 0 aliphatic carbocycles. The molecular weight excluding hydrogens is 322 g/mol. The number of methoxy groups -OCH3 is 1. The molecule has 2 aromatic rings. The molecule has 0 radical (unpaired) electrons. The van der Waals surface area contributed by atoms with E-state index >= 15 is 0 Å². The third-order valence-electron chi connectivity index (χ3n) is 4.47. The van der Waals surface area contributed by atoms with Gasteiger partial charge in [0, 0.05) is 31.1 Å². The number of nitrogens with zero attached hydrogens (tertiary/aromatic N) is 2. The zero-order chi connectivity index (χ0) is 16.9. The number of hydrogen-bond acceptors (Lipinski definition) is 6. The van der Waals surface area contributed by atoms with Crippen LogP contribution in [0.4, 0.5) is 5.13 Å². The quantitative estimate of drug-likeness (QED) is 0.841. The Labute approximate surface area is 147 Å². The van der Waals surface area contributed by atoms with Crippen LogP contribution in [-0.2, 0) is 0 Å². The first-order valence-corrected chi connectivity index (χ1v) is 9.26. The Kier molecular flexibility index (Phi) is 5.71. The van der Waals surface area contributed by atoms with E-state index in [4.69, 9.17) is 4.74 Å². The average Bonchev–Trinajstić information content (AvgIpc) is 3.06. The molecule has 3 rings (SSSR count). The highest BCUT2D eigenvalue weighted by atomic mass is 32.1. The first-order valence-electron chi connectivity index (χ1n) is 8.38. The average molecular weight is 347 g/mol. The Balaban J connectivity index is 1.44. The second-order valence-electron chi connectivity index (χ2n) is 6.23. The van der Waals surface area contributed by atoms with E-state index in [9.17, 15) is 5.11 Å². The van der Waals surface area contributed by atoms with Gasteiger partial charge in [0.1, 0.15) is 5.75 Å². The van der Waals surface area contributed by atoms with Crippen LogP contribution in [0.3, 0.4) is 0 Å². The van der Waals surface area contributed by atoms with E-state index in [2.05, 4.69) is 20.6 Å². The molecular formula is C18H25N3O2S. The van der Waals surface area contributed by atoms with Gasteiger partial charge in [-0.1, -0.05) is 12.1 Å². The lowest BCUT2D eigenvalue weighted by molar-refractivity contribution is 0.167. The highest BCUT2D eigenvalue weighted by molar-refractivity contribution is 7.13. The van der Waals surface area contributed by atoms with Gasteiger partial charge in [0.2, 0.25) is 0 Å². The van der Waals surface area contributed by atoms with Gasteiger partial charge in [0.25, 0.3) is 0 Å². The van der Waals surface area contributed by atoms with Gasteiger partial charge in [-0.25, -0.2) is 4.98 Å². The number of anilines is 1. The summed E-state index contributed by atoms with van der Waals surface area (Å²) in [4.78, 5) is 6.92. The van der Waals surface area contributed by atoms with Gasteiger partial charge >= 0.3 is 0 Å². The molecule has 2 heterocycles. The van der Waals surface area contributed by atoms with Crippen molar-refractivity contribution in [2.24, 2.45) is 0 Å². The van der Waals surface area contributed by atoms with Gasteiger partial charge in [-0.15, -0.1) is 11.3 Å². The molecule has 0 bridgehead atoms. The number of piperidine rings is 1. The maximum atomic E-state index is 10.3. The van der Waals surface area contributed by atoms with Gasteiger partial charge in [-0.3, -0.25) is 0 Å². The SMILES string of the molecule is COc1ccc(C(O)CNC2CCN(c3nc(C)cs3)CC2)cc1. The summed E-state index contributed by atoms with van der Waals surface area (Å²) in [6.07, 6.45) is 1.66. The second-order valence-corrected chi connectivity index (χ2v) is 7.07. The zero-order valence-corrected chi connectivity index (χ0v) is 15.1. The van der Waals surface area contributed by atoms with Gasteiger partial charge in [0.05, 0.1) is 18.9 Å². The van der Waals surface area contributed by atoms with Crippen molar-refractivity contribution in [3.63, 3.8) is 0 Å². The number of aryl methyl sites for hydroxylation is 1. The number of ether oxygens (including phenoxy) is 1. The first kappa shape index (κ1) is 17.2. The monoisotopic (exact) mass is 347 g/mol. The summed E-state index contributed by atoms with van der Waals surface area (Å²) >= 11 is 1.72. The molecule has 0 amide bonds. The van der Waals surface area contributed by atoms with Crippen LogP contribution in [0, 0.1) is 6.92 Å². The van der Waals surface area contributed by atoms with Gasteiger partial charge in [0.15, 0.2) is 5.13 Å². The molecule has 1 saturated heterocycles. The molecule has 1 aliphatic heterocycles. The molecule has 2 N–H and O–H groups in total. The fourth-order valence-electron chi connectivity index (χ4n) is 2.98. The third kappa shape index (κ3) is 4.26. The summed E-state index contributed by atoms with van der Waals surface area (Å²) in [6, 6.07) is 8.05. The van der Waals surface area contributed by atoms with Crippen LogP contribution in [0.15, 0.2) is 29.6 Å². The summed E-state index contributed by atoms with van der Waals surface area (Å²) in [5, 5.41) is 17.1. The summed E-state index contributed by atoms with van der Waals surface area (Å²) in [7, 11) is 1.65. The Hall–Kier alpha value is -1.63. The minimum atomic E-state index is -0.490. The van der Waals surface area contributed by atoms with E-state index in [-0.39, 0.29) is 0 Å². The Bertz CT molecular complexity index is 636. The first-order chi connectivity index (χ1) is 11.7. The summed E-state index contributed by atoms with van der Waals surface area (Å²) in [5.41, 5.74) is 2.01. The molecule has 5 nitrogen and oxygen atoms in total. The van der Waals surface area contributed by atoms with Crippen molar-refractivity contribution in [3.8, 4) is 5.75 Å². The fraction of sp³-hybridized carbons (Fsp3) is 0.500. The van der Waals surface area contributed by atoms with E-state index in [1.54, 1.807) is 18.4 Å². The van der Waals surface area contributed by atoms with Crippen LogP contribution in [0.1, 0.15) is 30.2 Å². The molecule has 1 aromatic carbocycles. The van der Waals surface area contributed by atoms with Gasteiger partial charge in [-0.05, 0) is 37.5 Å². The normalized spacial score (nSPS) is 17.0. The van der Waals surface area contributed by atoms with Gasteiger partial charge < -0.3 is 20.1 Å². The Morgan fingerprint density at radius 2 is 2.04 bits per heavy atom. The van der Waals surface area contributed by atoms with Crippen LogP contribution in [0.2, 0.25) is 0 Å². The predicted molar refractivity (Wildman–Crippen MR) is 98.0 cm³/mol. The number of hydrogen-bond donors (Lipinski definition) is 2. The molecule has 0 saturated carbocycles. The smallest absolute Gasteiger partial charge is 0.185 e. The van der Waals surface area contributed by atoms with E-state index in [1.165, 1.54) is 0 Å². The molecule has 1 aromatic heterocycles. The predicted octanol–water partition coefficient (Wildman–Crippen LogP) is 2.75. The standard InChI is InChI=1S/C18H25N3O2S/c1-13-12-24-18(20-13)21-9-7-15(8-10-21)19-11-17(22)14-3-5-16(23-2)6-4-14/h3-6,12,15,17,19,22H,7-11H2,1-2H3. The van der Waals surface area contributed by atoms with E-state index in [0.29, 0.717) is 12.6 Å². The largest absolute Gasteiger partial charge is 0.497 e. The molecule has 24 heavy (non-hydrogen) atoms. The van der Waals surface area contributed by atoms with Crippen LogP contribution < -0.4 is 15.0 Å². The lowest BCUT2D eigenvalue weighted by atomic mass is 10.0. The Morgan fingerprint density at radius 1 is 1.33 bits per heavy atom. The summed E-state index contributed by atoms with van der Waals surface area (Å²) in [5.74, 6) is 0.809. The van der Waals surface area contributed by atoms with Crippen molar-refractivity contribution in [3.05, 3.63) is 40.9 Å². The molecule has 6 heteroatoms. The van der Waals surface area contributed by atoms with E-state index in [0.717, 1.165) is 48.1 Å². The molecule has 1 unspecified atom stereocenters. The van der Waals surface area contributed by atoms with Gasteiger partial charge in [-0.2, -0.15) is 0 Å². The zero-order valence-electron chi connectivity index (χ0n) is 14.2. The lowest BCUT2D eigenvalue weighted by Crippen LogP contribution is -2.43. The highest BCUT2D eigenvalue weighted by Crippen LogP contribution is 2.24. The van der Waals surface area contributed by atoms with Crippen LogP contribution >= 0.6 is 11.3 Å². The van der Waals surface area contributed by atoms with Crippen molar-refractivity contribution in [1.29, 1.82) is 0 Å². The number of rotatable bonds is 6. The number of aromatic nitrogens is 1. The minimum Gasteiger partial charge on any atom is -0.497 e. The number of aliphatic hydroxyl groups excluding tert-OH is 1. The fourth-order valence-corrected chi connectivity index (χ4v) is 3.84. The highest BCUT2D eigenvalue weighted by Gasteiger charge is 2.21. The number of benzene rings is 1. The number of nitrogens with one attached hydrogen (secondary N) is 1. The van der Waals surface area contributed by atoms with Crippen LogP contribution in [0.5, 0.6) is 5.75 Å². The Morgan fingerprint density at radius 3 is 2.62 bits per heavy atom. The molecule has 1 fully saturated rings. The van der Waals surface area contributed by atoms with Crippen molar-refractivity contribution in [2.45, 2.75) is 31.9 Å². The van der Waals surface area contributed by atoms with Crippen LogP contribution in [0.25, 0.3) is 0 Å². The van der Waals surface area contributed by atoms with E-state index < -0.39 is 6.10 Å². The maximum Gasteiger partial charge on any atom is 0.185 e. The van der Waals surface area contributed by atoms with Crippen molar-refractivity contribution in [1.82, 2.24) is 10.3 Å². The molecule has 0 spiro atoms. The third-order valence-corrected chi connectivity index (χ3v) is 5.49. The molecule has 1 aliphatic rings. The second kappa shape index (κ2) is 7.96. The number of thiazole rings is 1. The summed E-state index contributed by atoms with van der Waals surface area (Å²) in [6.45, 7) is 4.65. The van der Waals surface area contributed by atoms with Crippen molar-refractivity contribution >= 4 is 16.5 Å². The molecule has 1 atom stereocenters. The molecule has 130 valence electrons. The van der Waals surface area contributed by atoms with E-state index in [1.807, 2.05) is 31.2 Å². The number of aliphatic hydroxyl groups is 1. The maximum absolute atomic E-state index is 10.3. The lowest BCUT2D eigenvalue weighted by Gasteiger charge is -2.32. The van der Waals surface area contributed by atoms with Crippen molar-refractivity contribution in [2.75, 3.05) is 31.6 Å². The van der Waals surface area contributed by atoms with Crippen molar-refractivity contribution < 1.29 is 9.84 Å².